The van der Waals surface area contributed by atoms with Crippen LogP contribution < -0.4 is 0 Å². The second kappa shape index (κ2) is 61.9. The molecule has 0 N–H and O–H groups in total. The molecule has 0 spiro atoms. The van der Waals surface area contributed by atoms with Crippen molar-refractivity contribution in [3.8, 4) is 0 Å². The van der Waals surface area contributed by atoms with Gasteiger partial charge in [-0.3, -0.25) is 14.4 Å². The number of hydrogen-bond donors (Lipinski definition) is 0. The Morgan fingerprint density at radius 1 is 0.274 bits per heavy atom. The third-order valence-corrected chi connectivity index (χ3v) is 14.3. The number of unbranched alkanes of at least 4 members (excludes halogenated alkanes) is 40. The van der Waals surface area contributed by atoms with Crippen molar-refractivity contribution >= 4 is 17.9 Å². The van der Waals surface area contributed by atoms with Gasteiger partial charge in [0.15, 0.2) is 6.10 Å². The van der Waals surface area contributed by atoms with E-state index in [1.807, 2.05) is 0 Å². The highest BCUT2D eigenvalue weighted by atomic mass is 16.6. The number of ether oxygens (including phenoxy) is 3. The molecular weight excluding hydrogens is 901 g/mol. The van der Waals surface area contributed by atoms with Gasteiger partial charge in [-0.05, 0) is 83.5 Å². The van der Waals surface area contributed by atoms with E-state index in [4.69, 9.17) is 14.2 Å². The smallest absolute Gasteiger partial charge is 0.306 e. The molecule has 1 atom stereocenters. The predicted molar refractivity (Wildman–Crippen MR) is 316 cm³/mol. The molecule has 0 aliphatic carbocycles. The predicted octanol–water partition coefficient (Wildman–Crippen LogP) is 21.8. The topological polar surface area (TPSA) is 78.9 Å². The van der Waals surface area contributed by atoms with Crippen molar-refractivity contribution in [2.45, 2.75) is 348 Å². The molecule has 0 aliphatic heterocycles. The van der Waals surface area contributed by atoms with Gasteiger partial charge in [-0.15, -0.1) is 0 Å². The summed E-state index contributed by atoms with van der Waals surface area (Å²) in [4.78, 5) is 38.3. The fourth-order valence-corrected chi connectivity index (χ4v) is 9.45. The van der Waals surface area contributed by atoms with E-state index >= 15 is 0 Å². The molecule has 0 rings (SSSR count). The molecule has 0 amide bonds. The first-order valence-corrected chi connectivity index (χ1v) is 32.1. The van der Waals surface area contributed by atoms with Gasteiger partial charge in [-0.25, -0.2) is 0 Å². The summed E-state index contributed by atoms with van der Waals surface area (Å²) in [6.07, 6.45) is 76.9. The molecule has 0 aromatic heterocycles. The third kappa shape index (κ3) is 60.1. The Morgan fingerprint density at radius 2 is 0.493 bits per heavy atom. The highest BCUT2D eigenvalue weighted by Gasteiger charge is 2.19. The van der Waals surface area contributed by atoms with Crippen molar-refractivity contribution in [1.82, 2.24) is 0 Å². The molecule has 6 nitrogen and oxygen atoms in total. The molecule has 0 radical (unpaired) electrons. The molecule has 0 unspecified atom stereocenters. The Labute approximate surface area is 454 Å². The Bertz CT molecular complexity index is 1270. The normalized spacial score (nSPS) is 12.3. The summed E-state index contributed by atoms with van der Waals surface area (Å²) < 4.78 is 16.9. The van der Waals surface area contributed by atoms with Crippen LogP contribution in [0.3, 0.4) is 0 Å². The summed E-state index contributed by atoms with van der Waals surface area (Å²) in [7, 11) is 0. The van der Waals surface area contributed by atoms with E-state index in [0.717, 1.165) is 70.6 Å². The Morgan fingerprint density at radius 3 is 0.836 bits per heavy atom. The lowest BCUT2D eigenvalue weighted by Gasteiger charge is -2.18. The minimum Gasteiger partial charge on any atom is -0.462 e. The summed E-state index contributed by atoms with van der Waals surface area (Å²) >= 11 is 0. The monoisotopic (exact) mass is 1020 g/mol. The maximum absolute atomic E-state index is 12.9. The number of carbonyl (C=O) groups excluding carboxylic acids is 3. The molecule has 0 bridgehead atoms. The number of carbonyl (C=O) groups is 3. The van der Waals surface area contributed by atoms with Crippen LogP contribution in [0.2, 0.25) is 0 Å². The fourth-order valence-electron chi connectivity index (χ4n) is 9.45. The Hall–Kier alpha value is -2.63. The summed E-state index contributed by atoms with van der Waals surface area (Å²) in [6.45, 7) is 6.63. The molecule has 73 heavy (non-hydrogen) atoms. The summed E-state index contributed by atoms with van der Waals surface area (Å²) in [5.41, 5.74) is 0. The van der Waals surface area contributed by atoms with Gasteiger partial charge in [0.05, 0.1) is 0 Å². The van der Waals surface area contributed by atoms with Crippen molar-refractivity contribution < 1.29 is 28.6 Å². The molecule has 0 heterocycles. The molecule has 0 saturated carbocycles. The van der Waals surface area contributed by atoms with Gasteiger partial charge < -0.3 is 14.2 Å². The summed E-state index contributed by atoms with van der Waals surface area (Å²) in [6, 6.07) is 0. The van der Waals surface area contributed by atoms with Gasteiger partial charge in [0.2, 0.25) is 0 Å². The van der Waals surface area contributed by atoms with Crippen LogP contribution in [-0.2, 0) is 28.6 Å². The van der Waals surface area contributed by atoms with E-state index in [9.17, 15) is 14.4 Å². The molecule has 0 aliphatic rings. The van der Waals surface area contributed by atoms with E-state index in [0.29, 0.717) is 19.3 Å². The molecule has 426 valence electrons. The van der Waals surface area contributed by atoms with Crippen molar-refractivity contribution in [2.24, 2.45) is 0 Å². The number of allylic oxidation sites excluding steroid dienone is 8. The highest BCUT2D eigenvalue weighted by Crippen LogP contribution is 2.17. The van der Waals surface area contributed by atoms with Gasteiger partial charge in [-0.1, -0.05) is 288 Å². The highest BCUT2D eigenvalue weighted by molar-refractivity contribution is 5.71. The quantitative estimate of drug-likeness (QED) is 0.0261. The zero-order valence-corrected chi connectivity index (χ0v) is 48.9. The minimum atomic E-state index is -0.788. The molecule has 0 saturated heterocycles. The lowest BCUT2D eigenvalue weighted by molar-refractivity contribution is -0.167. The van der Waals surface area contributed by atoms with Crippen molar-refractivity contribution in [3.05, 3.63) is 48.6 Å². The average Bonchev–Trinajstić information content (AvgIpc) is 3.39. The van der Waals surface area contributed by atoms with Crippen LogP contribution >= 0.6 is 0 Å². The maximum atomic E-state index is 12.9. The summed E-state index contributed by atoms with van der Waals surface area (Å²) in [5.74, 6) is -0.903. The summed E-state index contributed by atoms with van der Waals surface area (Å²) in [5, 5.41) is 0. The molecular formula is C67H122O6. The van der Waals surface area contributed by atoms with Crippen molar-refractivity contribution in [2.75, 3.05) is 13.2 Å². The fraction of sp³-hybridized carbons (Fsp3) is 0.836. The van der Waals surface area contributed by atoms with Gasteiger partial charge in [0.1, 0.15) is 13.2 Å². The van der Waals surface area contributed by atoms with Crippen LogP contribution in [0, 0.1) is 0 Å². The molecule has 0 aromatic rings. The van der Waals surface area contributed by atoms with E-state index < -0.39 is 6.10 Å². The minimum absolute atomic E-state index is 0.0823. The second-order valence-electron chi connectivity index (χ2n) is 21.7. The second-order valence-corrected chi connectivity index (χ2v) is 21.7. The lowest BCUT2D eigenvalue weighted by atomic mass is 10.0. The number of esters is 3. The largest absolute Gasteiger partial charge is 0.462 e. The van der Waals surface area contributed by atoms with Gasteiger partial charge >= 0.3 is 17.9 Å². The van der Waals surface area contributed by atoms with E-state index in [2.05, 4.69) is 69.4 Å². The van der Waals surface area contributed by atoms with Crippen LogP contribution in [0.1, 0.15) is 342 Å². The standard InChI is InChI=1S/C67H122O6/c1-4-7-10-13-16-19-22-25-28-30-32-33-35-36-39-42-45-48-51-54-57-60-66(69)72-63-64(62-71-65(68)59-56-53-50-47-44-41-38-27-24-21-18-15-12-9-6-3)73-67(70)61-58-55-52-49-46-43-40-37-34-31-29-26-23-20-17-14-11-8-5-2/h18,21,26-27,29,38,44,47,64H,4-17,19-20,22-25,28,30-37,39-43,45-46,48-63H2,1-3H3/b21-18-,29-26-,38-27-,47-44-/t64-/m1/s1. The number of rotatable bonds is 59. The van der Waals surface area contributed by atoms with E-state index in [1.165, 1.54) is 231 Å². The SMILES string of the molecule is CCCCC/C=C\C/C=C\C/C=C\CCCCC(=O)OC[C@H](COC(=O)CCCCCCCCCCCCCCCCCCCCCCC)OC(=O)CCCCCCCCCCC/C=C\CCCCCCCC. The molecule has 0 fully saturated rings. The van der Waals surface area contributed by atoms with Crippen LogP contribution in [0.5, 0.6) is 0 Å². The van der Waals surface area contributed by atoms with E-state index in [-0.39, 0.29) is 31.1 Å². The van der Waals surface area contributed by atoms with Crippen molar-refractivity contribution in [1.29, 1.82) is 0 Å². The Balaban J connectivity index is 4.35. The van der Waals surface area contributed by atoms with Crippen molar-refractivity contribution in [3.63, 3.8) is 0 Å². The first-order chi connectivity index (χ1) is 36.0. The Kier molecular flexibility index (Phi) is 59.7. The molecule has 6 heteroatoms. The lowest BCUT2D eigenvalue weighted by Crippen LogP contribution is -2.30. The average molecular weight is 1020 g/mol. The first-order valence-electron chi connectivity index (χ1n) is 32.1. The first kappa shape index (κ1) is 70.4. The van der Waals surface area contributed by atoms with Gasteiger partial charge in [0, 0.05) is 19.3 Å². The number of hydrogen-bond acceptors (Lipinski definition) is 6. The maximum Gasteiger partial charge on any atom is 0.306 e. The van der Waals surface area contributed by atoms with Crippen LogP contribution in [0.25, 0.3) is 0 Å². The third-order valence-electron chi connectivity index (χ3n) is 14.3. The zero-order chi connectivity index (χ0) is 52.9. The van der Waals surface area contributed by atoms with Gasteiger partial charge in [0.25, 0.3) is 0 Å². The van der Waals surface area contributed by atoms with Crippen LogP contribution in [-0.4, -0.2) is 37.2 Å². The van der Waals surface area contributed by atoms with Gasteiger partial charge in [-0.2, -0.15) is 0 Å². The molecule has 0 aromatic carbocycles. The van der Waals surface area contributed by atoms with Crippen LogP contribution in [0.15, 0.2) is 48.6 Å². The zero-order valence-electron chi connectivity index (χ0n) is 48.9. The van der Waals surface area contributed by atoms with Crippen LogP contribution in [0.4, 0.5) is 0 Å². The van der Waals surface area contributed by atoms with E-state index in [1.54, 1.807) is 0 Å².